The number of nitrogens with zero attached hydrogens (tertiary/aromatic N) is 4. The number of ether oxygens (including phenoxy) is 4. The lowest BCUT2D eigenvalue weighted by molar-refractivity contribution is -0.132. The Hall–Kier alpha value is -4.12. The second kappa shape index (κ2) is 9.86. The molecule has 36 heavy (non-hydrogen) atoms. The Morgan fingerprint density at radius 3 is 2.86 bits per heavy atom. The third-order valence-corrected chi connectivity index (χ3v) is 6.14. The number of likely N-dealkylation sites (N-methyl/N-ethyl adjacent to an activating group) is 1. The molecule has 1 fully saturated rings. The predicted molar refractivity (Wildman–Crippen MR) is 128 cm³/mol. The van der Waals surface area contributed by atoms with Crippen LogP contribution in [-0.2, 0) is 9.53 Å². The zero-order chi connectivity index (χ0) is 25.2. The van der Waals surface area contributed by atoms with Crippen molar-refractivity contribution >= 4 is 28.7 Å². The van der Waals surface area contributed by atoms with Gasteiger partial charge in [-0.15, -0.1) is 0 Å². The number of aliphatic hydroxyl groups is 1. The number of carbonyl (C=O) groups excluding carboxylic acids is 2. The first kappa shape index (κ1) is 23.6. The zero-order valence-electron chi connectivity index (χ0n) is 19.9. The highest BCUT2D eigenvalue weighted by Crippen LogP contribution is 2.35. The van der Waals surface area contributed by atoms with Crippen LogP contribution in [0.25, 0.3) is 11.0 Å². The normalized spacial score (nSPS) is 17.6. The molecule has 1 saturated heterocycles. The van der Waals surface area contributed by atoms with Crippen LogP contribution in [0.1, 0.15) is 18.1 Å². The first-order chi connectivity index (χ1) is 17.4. The lowest BCUT2D eigenvalue weighted by atomic mass is 10.1. The quantitative estimate of drug-likeness (QED) is 0.527. The average Bonchev–Trinajstić information content (AvgIpc) is 3.27. The number of carbonyl (C=O) groups is 2. The Balaban J connectivity index is 1.22. The molecule has 2 aliphatic rings. The first-order valence-electron chi connectivity index (χ1n) is 11.5. The van der Waals surface area contributed by atoms with Gasteiger partial charge in [-0.1, -0.05) is 12.1 Å². The molecule has 0 bridgehead atoms. The molecule has 3 heterocycles. The van der Waals surface area contributed by atoms with Crippen LogP contribution in [0.15, 0.2) is 42.6 Å². The van der Waals surface area contributed by atoms with Crippen molar-refractivity contribution < 1.29 is 33.6 Å². The Morgan fingerprint density at radius 2 is 2.06 bits per heavy atom. The van der Waals surface area contributed by atoms with Crippen LogP contribution >= 0.6 is 0 Å². The molecule has 188 valence electrons. The topological polar surface area (TPSA) is 124 Å². The van der Waals surface area contributed by atoms with Gasteiger partial charge in [0.1, 0.15) is 19.3 Å². The third-order valence-electron chi connectivity index (χ3n) is 6.14. The minimum atomic E-state index is -0.996. The van der Waals surface area contributed by atoms with Crippen molar-refractivity contribution in [1.29, 1.82) is 0 Å². The van der Waals surface area contributed by atoms with Gasteiger partial charge in [0.15, 0.2) is 11.5 Å². The number of methoxy groups -OCH3 is 1. The molecule has 0 spiro atoms. The number of anilines is 1. The van der Waals surface area contributed by atoms with E-state index in [0.29, 0.717) is 52.9 Å². The zero-order valence-corrected chi connectivity index (χ0v) is 19.9. The van der Waals surface area contributed by atoms with E-state index in [9.17, 15) is 14.7 Å². The molecule has 0 saturated carbocycles. The summed E-state index contributed by atoms with van der Waals surface area (Å²) in [4.78, 5) is 36.9. The van der Waals surface area contributed by atoms with E-state index in [1.807, 2.05) is 0 Å². The van der Waals surface area contributed by atoms with Gasteiger partial charge in [-0.05, 0) is 18.2 Å². The Kier molecular flexibility index (Phi) is 6.47. The number of amides is 2. The van der Waals surface area contributed by atoms with Crippen molar-refractivity contribution in [3.63, 3.8) is 0 Å². The second-order valence-corrected chi connectivity index (χ2v) is 8.57. The lowest BCUT2D eigenvalue weighted by Gasteiger charge is -2.23. The molecule has 2 unspecified atom stereocenters. The molecular weight excluding hydrogens is 468 g/mol. The number of hydrogen-bond acceptors (Lipinski definition) is 9. The van der Waals surface area contributed by atoms with Crippen LogP contribution < -0.4 is 19.1 Å². The highest BCUT2D eigenvalue weighted by Gasteiger charge is 2.35. The van der Waals surface area contributed by atoms with Gasteiger partial charge in [0, 0.05) is 18.7 Å². The fourth-order valence-electron chi connectivity index (χ4n) is 4.25. The number of aliphatic hydroxyl groups excluding tert-OH is 1. The highest BCUT2D eigenvalue weighted by molar-refractivity contribution is 5.91. The third kappa shape index (κ3) is 4.69. The Bertz CT molecular complexity index is 1300. The van der Waals surface area contributed by atoms with Gasteiger partial charge in [-0.25, -0.2) is 14.8 Å². The molecule has 3 aromatic rings. The molecule has 2 aromatic carbocycles. The number of aromatic nitrogens is 2. The van der Waals surface area contributed by atoms with Crippen LogP contribution in [0.2, 0.25) is 0 Å². The standard InChI is InChI=1S/C25H26N4O7/c1-28(14-19(30)17-4-3-5-18-24(17)27-22(33-2)12-26-18)23(31)11-16-13-29(25(32)36-16)15-6-7-20-21(10-15)35-9-8-34-20/h3-7,10,12,16,19,30H,8-9,11,13-14H2,1-2H3. The van der Waals surface area contributed by atoms with Crippen LogP contribution in [0, 0.1) is 0 Å². The van der Waals surface area contributed by atoms with E-state index in [0.717, 1.165) is 0 Å². The van der Waals surface area contributed by atoms with E-state index < -0.39 is 18.3 Å². The molecule has 11 nitrogen and oxygen atoms in total. The van der Waals surface area contributed by atoms with E-state index in [2.05, 4.69) is 9.97 Å². The van der Waals surface area contributed by atoms with Crippen LogP contribution in [0.5, 0.6) is 17.4 Å². The number of fused-ring (bicyclic) bond motifs is 2. The summed E-state index contributed by atoms with van der Waals surface area (Å²) in [5.74, 6) is 1.26. The van der Waals surface area contributed by atoms with E-state index in [1.165, 1.54) is 23.1 Å². The minimum absolute atomic E-state index is 0.0147. The summed E-state index contributed by atoms with van der Waals surface area (Å²) < 4.78 is 21.7. The minimum Gasteiger partial charge on any atom is -0.486 e. The fraction of sp³-hybridized carbons (Fsp3) is 0.360. The maximum absolute atomic E-state index is 12.9. The Morgan fingerprint density at radius 1 is 1.25 bits per heavy atom. The monoisotopic (exact) mass is 494 g/mol. The number of rotatable bonds is 7. The van der Waals surface area contributed by atoms with Crippen LogP contribution in [-0.4, -0.2) is 78.5 Å². The first-order valence-corrected chi connectivity index (χ1v) is 11.5. The summed E-state index contributed by atoms with van der Waals surface area (Å²) in [7, 11) is 3.09. The SMILES string of the molecule is COc1cnc2cccc(C(O)CN(C)C(=O)CC3CN(c4ccc5c(c4)OCCO5)C(=O)O3)c2n1. The van der Waals surface area contributed by atoms with E-state index in [1.54, 1.807) is 43.4 Å². The van der Waals surface area contributed by atoms with Crippen molar-refractivity contribution in [2.24, 2.45) is 0 Å². The van der Waals surface area contributed by atoms with Crippen molar-refractivity contribution in [3.05, 3.63) is 48.2 Å². The maximum Gasteiger partial charge on any atom is 0.414 e. The second-order valence-electron chi connectivity index (χ2n) is 8.57. The molecule has 0 aliphatic carbocycles. The Labute approximate surface area is 207 Å². The largest absolute Gasteiger partial charge is 0.486 e. The molecular formula is C25H26N4O7. The van der Waals surface area contributed by atoms with E-state index >= 15 is 0 Å². The van der Waals surface area contributed by atoms with Gasteiger partial charge >= 0.3 is 6.09 Å². The average molecular weight is 495 g/mol. The summed E-state index contributed by atoms with van der Waals surface area (Å²) in [6.07, 6.45) is -0.657. The molecule has 2 amide bonds. The summed E-state index contributed by atoms with van der Waals surface area (Å²) >= 11 is 0. The van der Waals surface area contributed by atoms with Gasteiger partial charge in [0.25, 0.3) is 0 Å². The van der Waals surface area contributed by atoms with Gasteiger partial charge in [0.2, 0.25) is 11.8 Å². The fourth-order valence-corrected chi connectivity index (χ4v) is 4.25. The maximum atomic E-state index is 12.9. The van der Waals surface area contributed by atoms with Crippen LogP contribution in [0.4, 0.5) is 10.5 Å². The number of para-hydroxylation sites is 1. The number of benzene rings is 2. The smallest absolute Gasteiger partial charge is 0.414 e. The predicted octanol–water partition coefficient (Wildman–Crippen LogP) is 2.32. The molecule has 5 rings (SSSR count). The summed E-state index contributed by atoms with van der Waals surface area (Å²) in [6, 6.07) is 10.5. The lowest BCUT2D eigenvalue weighted by Crippen LogP contribution is -2.34. The van der Waals surface area contributed by atoms with Crippen molar-refractivity contribution in [2.45, 2.75) is 18.6 Å². The molecule has 1 N–H and O–H groups in total. The van der Waals surface area contributed by atoms with E-state index in [-0.39, 0.29) is 25.4 Å². The van der Waals surface area contributed by atoms with Gasteiger partial charge in [-0.2, -0.15) is 0 Å². The van der Waals surface area contributed by atoms with Crippen molar-refractivity contribution in [3.8, 4) is 17.4 Å². The molecule has 2 aliphatic heterocycles. The molecule has 0 radical (unpaired) electrons. The summed E-state index contributed by atoms with van der Waals surface area (Å²) in [5.41, 5.74) is 2.26. The van der Waals surface area contributed by atoms with E-state index in [4.69, 9.17) is 18.9 Å². The molecule has 1 aromatic heterocycles. The van der Waals surface area contributed by atoms with Crippen molar-refractivity contribution in [2.75, 3.05) is 45.4 Å². The molecule has 2 atom stereocenters. The summed E-state index contributed by atoms with van der Waals surface area (Å²) in [5, 5.41) is 10.9. The van der Waals surface area contributed by atoms with Crippen LogP contribution in [0.3, 0.4) is 0 Å². The number of hydrogen-bond donors (Lipinski definition) is 1. The summed E-state index contributed by atoms with van der Waals surface area (Å²) in [6.45, 7) is 1.17. The van der Waals surface area contributed by atoms with Crippen molar-refractivity contribution in [1.82, 2.24) is 14.9 Å². The molecule has 11 heteroatoms. The van der Waals surface area contributed by atoms with Gasteiger partial charge in [-0.3, -0.25) is 9.69 Å². The van der Waals surface area contributed by atoms with Gasteiger partial charge < -0.3 is 29.0 Å². The number of cyclic esters (lactones) is 1. The van der Waals surface area contributed by atoms with Gasteiger partial charge in [0.05, 0.1) is 55.6 Å². The highest BCUT2D eigenvalue weighted by atomic mass is 16.6.